The minimum Gasteiger partial charge on any atom is -0.482 e. The third-order valence-electron chi connectivity index (χ3n) is 5.54. The zero-order valence-corrected chi connectivity index (χ0v) is 18.6. The molecule has 1 aliphatic heterocycles. The maximum absolute atomic E-state index is 14.0. The number of hydrogen-bond acceptors (Lipinski definition) is 4. The van der Waals surface area contributed by atoms with E-state index in [1.165, 1.54) is 17.0 Å². The van der Waals surface area contributed by atoms with Crippen molar-refractivity contribution in [3.63, 3.8) is 0 Å². The summed E-state index contributed by atoms with van der Waals surface area (Å²) in [5.74, 6) is -2.54. The van der Waals surface area contributed by atoms with E-state index in [0.29, 0.717) is 17.0 Å². The fourth-order valence-electron chi connectivity index (χ4n) is 3.99. The summed E-state index contributed by atoms with van der Waals surface area (Å²) in [5, 5.41) is 9.42. The van der Waals surface area contributed by atoms with Crippen LogP contribution >= 0.6 is 11.6 Å². The molecule has 1 N–H and O–H groups in total. The molecule has 4 rings (SSSR count). The van der Waals surface area contributed by atoms with Crippen molar-refractivity contribution >= 4 is 23.7 Å². The van der Waals surface area contributed by atoms with Crippen LogP contribution in [0.2, 0.25) is 5.02 Å². The smallest absolute Gasteiger partial charge is 0.410 e. The molecule has 9 heteroatoms. The normalized spacial score (nSPS) is 14.9. The van der Waals surface area contributed by atoms with E-state index < -0.39 is 43.0 Å². The van der Waals surface area contributed by atoms with Crippen LogP contribution in [0.4, 0.5) is 13.6 Å². The maximum atomic E-state index is 14.0. The number of ether oxygens (including phenoxy) is 2. The Morgan fingerprint density at radius 3 is 2.50 bits per heavy atom. The van der Waals surface area contributed by atoms with Gasteiger partial charge in [0, 0.05) is 17.1 Å². The SMILES string of the molecule is O=C(O)COc1ccc(Cl)cc1C1c2ccccc2CCN1C(=O)OCc1c(F)cccc1F. The van der Waals surface area contributed by atoms with Gasteiger partial charge in [0.05, 0.1) is 11.6 Å². The number of carboxylic acids is 1. The summed E-state index contributed by atoms with van der Waals surface area (Å²) in [4.78, 5) is 25.6. The second kappa shape index (κ2) is 10.1. The van der Waals surface area contributed by atoms with E-state index in [0.717, 1.165) is 23.3 Å². The van der Waals surface area contributed by atoms with E-state index in [1.807, 2.05) is 24.3 Å². The first-order valence-corrected chi connectivity index (χ1v) is 10.8. The van der Waals surface area contributed by atoms with Crippen LogP contribution in [0.3, 0.4) is 0 Å². The molecule has 0 saturated carbocycles. The summed E-state index contributed by atoms with van der Waals surface area (Å²) in [6.45, 7) is -0.911. The van der Waals surface area contributed by atoms with Crippen LogP contribution in [0, 0.1) is 11.6 Å². The summed E-state index contributed by atoms with van der Waals surface area (Å²) < 4.78 is 38.8. The van der Waals surface area contributed by atoms with Gasteiger partial charge < -0.3 is 14.6 Å². The van der Waals surface area contributed by atoms with Crippen LogP contribution in [0.15, 0.2) is 60.7 Å². The molecule has 1 heterocycles. The lowest BCUT2D eigenvalue weighted by molar-refractivity contribution is -0.139. The van der Waals surface area contributed by atoms with E-state index in [9.17, 15) is 18.4 Å². The van der Waals surface area contributed by atoms with Crippen molar-refractivity contribution < 1.29 is 33.0 Å². The number of carbonyl (C=O) groups excluding carboxylic acids is 1. The van der Waals surface area contributed by atoms with Crippen molar-refractivity contribution in [1.82, 2.24) is 4.90 Å². The first-order chi connectivity index (χ1) is 16.3. The molecule has 3 aromatic carbocycles. The Hall–Kier alpha value is -3.65. The van der Waals surface area contributed by atoms with Gasteiger partial charge in [-0.2, -0.15) is 0 Å². The lowest BCUT2D eigenvalue weighted by Crippen LogP contribution is -2.41. The molecule has 0 spiro atoms. The summed E-state index contributed by atoms with van der Waals surface area (Å²) in [7, 11) is 0. The van der Waals surface area contributed by atoms with E-state index in [-0.39, 0.29) is 17.9 Å². The minimum atomic E-state index is -1.16. The number of rotatable bonds is 6. The largest absolute Gasteiger partial charge is 0.482 e. The number of fused-ring (bicyclic) bond motifs is 1. The predicted octanol–water partition coefficient (Wildman–Crippen LogP) is 5.37. The number of nitrogens with zero attached hydrogens (tertiary/aromatic N) is 1. The van der Waals surface area contributed by atoms with Gasteiger partial charge in [0.2, 0.25) is 0 Å². The molecule has 0 saturated heterocycles. The monoisotopic (exact) mass is 487 g/mol. The van der Waals surface area contributed by atoms with Crippen molar-refractivity contribution in [2.75, 3.05) is 13.2 Å². The Balaban J connectivity index is 1.70. The number of amides is 1. The van der Waals surface area contributed by atoms with E-state index in [2.05, 4.69) is 0 Å². The fourth-order valence-corrected chi connectivity index (χ4v) is 4.17. The van der Waals surface area contributed by atoms with Crippen molar-refractivity contribution in [3.8, 4) is 5.75 Å². The van der Waals surface area contributed by atoms with Crippen LogP contribution < -0.4 is 4.74 Å². The number of carbonyl (C=O) groups is 2. The van der Waals surface area contributed by atoms with Crippen molar-refractivity contribution in [3.05, 3.63) is 99.6 Å². The summed E-state index contributed by atoms with van der Waals surface area (Å²) >= 11 is 6.24. The van der Waals surface area contributed by atoms with Crippen LogP contribution in [0.1, 0.15) is 28.3 Å². The molecule has 1 aliphatic rings. The maximum Gasteiger partial charge on any atom is 0.410 e. The minimum absolute atomic E-state index is 0.242. The van der Waals surface area contributed by atoms with Gasteiger partial charge in [0.1, 0.15) is 24.0 Å². The topological polar surface area (TPSA) is 76.1 Å². The van der Waals surface area contributed by atoms with Gasteiger partial charge >= 0.3 is 12.1 Å². The Kier molecular flexibility index (Phi) is 6.98. The molecule has 176 valence electrons. The highest BCUT2D eigenvalue weighted by Gasteiger charge is 2.35. The van der Waals surface area contributed by atoms with Gasteiger partial charge in [-0.15, -0.1) is 0 Å². The Morgan fingerprint density at radius 2 is 1.76 bits per heavy atom. The van der Waals surface area contributed by atoms with Gasteiger partial charge in [-0.1, -0.05) is 41.9 Å². The Bertz CT molecular complexity index is 1220. The molecule has 1 unspecified atom stereocenters. The molecule has 6 nitrogen and oxygen atoms in total. The number of carboxylic acid groups (broad SMARTS) is 1. The summed E-state index contributed by atoms with van der Waals surface area (Å²) in [6.07, 6.45) is -0.256. The molecule has 0 radical (unpaired) electrons. The highest BCUT2D eigenvalue weighted by atomic mass is 35.5. The van der Waals surface area contributed by atoms with Gasteiger partial charge in [-0.3, -0.25) is 4.90 Å². The first-order valence-electron chi connectivity index (χ1n) is 10.4. The summed E-state index contributed by atoms with van der Waals surface area (Å²) in [6, 6.07) is 14.9. The third kappa shape index (κ3) is 4.97. The molecular weight excluding hydrogens is 468 g/mol. The molecule has 0 bridgehead atoms. The molecule has 34 heavy (non-hydrogen) atoms. The molecule has 1 atom stereocenters. The van der Waals surface area contributed by atoms with Gasteiger partial charge in [0.25, 0.3) is 0 Å². The standard InChI is InChI=1S/C25H20ClF2NO5/c26-16-8-9-22(33-14-23(30)31)18(12-16)24-17-5-2-1-4-15(17)10-11-29(24)25(32)34-13-19-20(27)6-3-7-21(19)28/h1-9,12,24H,10-11,13-14H2,(H,30,31). The lowest BCUT2D eigenvalue weighted by atomic mass is 9.88. The van der Waals surface area contributed by atoms with Crippen LogP contribution in [-0.4, -0.2) is 35.2 Å². The molecule has 0 aromatic heterocycles. The van der Waals surface area contributed by atoms with Gasteiger partial charge in [-0.25, -0.2) is 18.4 Å². The zero-order chi connectivity index (χ0) is 24.2. The number of benzene rings is 3. The van der Waals surface area contributed by atoms with E-state index >= 15 is 0 Å². The average Bonchev–Trinajstić information content (AvgIpc) is 2.82. The average molecular weight is 488 g/mol. The van der Waals surface area contributed by atoms with E-state index in [4.69, 9.17) is 26.2 Å². The lowest BCUT2D eigenvalue weighted by Gasteiger charge is -2.37. The Labute approximate surface area is 199 Å². The Morgan fingerprint density at radius 1 is 1.03 bits per heavy atom. The third-order valence-corrected chi connectivity index (χ3v) is 5.77. The molecule has 0 aliphatic carbocycles. The second-order valence-corrected chi connectivity index (χ2v) is 8.10. The molecular formula is C25H20ClF2NO5. The van der Waals surface area contributed by atoms with Crippen LogP contribution in [-0.2, 0) is 22.6 Å². The van der Waals surface area contributed by atoms with Gasteiger partial charge in [-0.05, 0) is 47.9 Å². The number of halogens is 3. The zero-order valence-electron chi connectivity index (χ0n) is 17.8. The van der Waals surface area contributed by atoms with Gasteiger partial charge in [0.15, 0.2) is 6.61 Å². The molecule has 3 aromatic rings. The summed E-state index contributed by atoms with van der Waals surface area (Å²) in [5.41, 5.74) is 1.89. The fraction of sp³-hybridized carbons (Fsp3) is 0.200. The first kappa shape index (κ1) is 23.5. The quantitative estimate of drug-likeness (QED) is 0.506. The van der Waals surface area contributed by atoms with Crippen LogP contribution in [0.5, 0.6) is 5.75 Å². The van der Waals surface area contributed by atoms with Crippen molar-refractivity contribution in [2.24, 2.45) is 0 Å². The van der Waals surface area contributed by atoms with Crippen molar-refractivity contribution in [1.29, 1.82) is 0 Å². The number of aliphatic carboxylic acids is 1. The second-order valence-electron chi connectivity index (χ2n) is 7.66. The molecule has 0 fully saturated rings. The van der Waals surface area contributed by atoms with Crippen LogP contribution in [0.25, 0.3) is 0 Å². The highest BCUT2D eigenvalue weighted by molar-refractivity contribution is 6.30. The van der Waals surface area contributed by atoms with Crippen molar-refractivity contribution in [2.45, 2.75) is 19.1 Å². The van der Waals surface area contributed by atoms with E-state index in [1.54, 1.807) is 12.1 Å². The highest BCUT2D eigenvalue weighted by Crippen LogP contribution is 2.40. The predicted molar refractivity (Wildman–Crippen MR) is 120 cm³/mol. The number of hydrogen-bond donors (Lipinski definition) is 1. The molecule has 1 amide bonds.